The van der Waals surface area contributed by atoms with E-state index in [9.17, 15) is 4.79 Å². The van der Waals surface area contributed by atoms with Crippen molar-refractivity contribution in [2.24, 2.45) is 5.92 Å². The number of carbonyl (C=O) groups is 1. The van der Waals surface area contributed by atoms with Gasteiger partial charge in [0.25, 0.3) is 0 Å². The van der Waals surface area contributed by atoms with Crippen LogP contribution in [0.5, 0.6) is 0 Å². The van der Waals surface area contributed by atoms with Crippen LogP contribution in [-0.4, -0.2) is 77.8 Å². The molecule has 0 bridgehead atoms. The van der Waals surface area contributed by atoms with E-state index in [1.165, 1.54) is 32.1 Å². The summed E-state index contributed by atoms with van der Waals surface area (Å²) in [5, 5.41) is 7.04. The molecule has 6 unspecified atom stereocenters. The van der Waals surface area contributed by atoms with Gasteiger partial charge in [0, 0.05) is 42.1 Å². The number of rotatable bonds is 5. The van der Waals surface area contributed by atoms with Gasteiger partial charge in [0.1, 0.15) is 6.04 Å². The Labute approximate surface area is 167 Å². The van der Waals surface area contributed by atoms with E-state index < -0.39 is 0 Å². The van der Waals surface area contributed by atoms with Crippen molar-refractivity contribution in [1.82, 2.24) is 31.5 Å². The molecule has 27 heavy (non-hydrogen) atoms. The smallest absolute Gasteiger partial charge is 0.238 e. The maximum absolute atomic E-state index is 12.8. The van der Waals surface area contributed by atoms with Crippen LogP contribution in [0.2, 0.25) is 0 Å². The van der Waals surface area contributed by atoms with Gasteiger partial charge in [-0.1, -0.05) is 6.92 Å². The standard InChI is InChI=1S/C19H36N6OS/c1-13-6-7-17(27-13)15-11-16(23-22-15)18(26)20-12-14-5-3-9-24(2)19(14)25-10-4-8-21-25/h13-17,19,21-23H,3-12H2,1-2H3,(H,20,26). The van der Waals surface area contributed by atoms with E-state index >= 15 is 0 Å². The number of piperidine rings is 1. The largest absolute Gasteiger partial charge is 0.354 e. The number of carbonyl (C=O) groups excluding carboxylic acids is 1. The normalized spacial score (nSPS) is 41.3. The van der Waals surface area contributed by atoms with E-state index in [4.69, 9.17) is 0 Å². The molecule has 4 aliphatic heterocycles. The Kier molecular flexibility index (Phi) is 6.61. The number of nitrogens with one attached hydrogen (secondary N) is 4. The fourth-order valence-electron chi connectivity index (χ4n) is 5.20. The number of hydrogen-bond acceptors (Lipinski definition) is 7. The quantitative estimate of drug-likeness (QED) is 0.539. The number of hydrazine groups is 2. The average Bonchev–Trinajstić information content (AvgIpc) is 3.40. The van der Waals surface area contributed by atoms with Gasteiger partial charge in [-0.2, -0.15) is 11.8 Å². The van der Waals surface area contributed by atoms with Gasteiger partial charge in [-0.15, -0.1) is 0 Å². The molecule has 0 aromatic rings. The third kappa shape index (κ3) is 4.62. The van der Waals surface area contributed by atoms with Crippen LogP contribution in [0.25, 0.3) is 0 Å². The summed E-state index contributed by atoms with van der Waals surface area (Å²) in [7, 11) is 2.21. The molecule has 6 atom stereocenters. The first kappa shape index (κ1) is 19.9. The molecule has 1 amide bonds. The van der Waals surface area contributed by atoms with Crippen molar-refractivity contribution < 1.29 is 4.79 Å². The van der Waals surface area contributed by atoms with Crippen LogP contribution in [0.3, 0.4) is 0 Å². The van der Waals surface area contributed by atoms with Gasteiger partial charge >= 0.3 is 0 Å². The average molecular weight is 397 g/mol. The maximum Gasteiger partial charge on any atom is 0.238 e. The van der Waals surface area contributed by atoms with Gasteiger partial charge in [-0.05, 0) is 52.1 Å². The highest BCUT2D eigenvalue weighted by molar-refractivity contribution is 8.00. The molecule has 154 valence electrons. The highest BCUT2D eigenvalue weighted by atomic mass is 32.2. The van der Waals surface area contributed by atoms with Gasteiger partial charge in [0.2, 0.25) is 5.91 Å². The van der Waals surface area contributed by atoms with Crippen LogP contribution in [0.4, 0.5) is 0 Å². The molecule has 7 nitrogen and oxygen atoms in total. The highest BCUT2D eigenvalue weighted by Gasteiger charge is 2.39. The molecule has 0 radical (unpaired) electrons. The lowest BCUT2D eigenvalue weighted by Gasteiger charge is -2.44. The molecule has 4 rings (SSSR count). The van der Waals surface area contributed by atoms with Crippen LogP contribution in [-0.2, 0) is 4.79 Å². The molecule has 0 aromatic carbocycles. The first-order valence-corrected chi connectivity index (χ1v) is 11.7. The van der Waals surface area contributed by atoms with E-state index in [0.29, 0.717) is 23.4 Å². The summed E-state index contributed by atoms with van der Waals surface area (Å²) in [5.74, 6) is 0.636. The lowest BCUT2D eigenvalue weighted by atomic mass is 9.93. The Hall–Kier alpha value is -0.380. The van der Waals surface area contributed by atoms with E-state index in [0.717, 1.165) is 37.8 Å². The molecular formula is C19H36N6OS. The second-order valence-corrected chi connectivity index (χ2v) is 10.4. The SMILES string of the molecule is CC1CCC(C2CC(C(=O)NCC3CCCN(C)C3N3CCCN3)NN2)S1. The number of likely N-dealkylation sites (tertiary alicyclic amines) is 1. The number of thioether (sulfide) groups is 1. The summed E-state index contributed by atoms with van der Waals surface area (Å²) in [6.45, 7) is 6.39. The predicted molar refractivity (Wildman–Crippen MR) is 110 cm³/mol. The monoisotopic (exact) mass is 396 g/mol. The van der Waals surface area contributed by atoms with Gasteiger partial charge in [0.15, 0.2) is 0 Å². The van der Waals surface area contributed by atoms with Crippen LogP contribution >= 0.6 is 11.8 Å². The molecule has 4 saturated heterocycles. The number of nitrogens with zero attached hydrogens (tertiary/aromatic N) is 2. The molecule has 0 aromatic heterocycles. The zero-order valence-electron chi connectivity index (χ0n) is 16.7. The van der Waals surface area contributed by atoms with Crippen LogP contribution in [0.1, 0.15) is 45.4 Å². The third-order valence-electron chi connectivity index (χ3n) is 6.67. The third-order valence-corrected chi connectivity index (χ3v) is 8.28. The van der Waals surface area contributed by atoms with Gasteiger partial charge in [-0.25, -0.2) is 10.4 Å². The Balaban J connectivity index is 1.27. The first-order chi connectivity index (χ1) is 13.1. The number of hydrogen-bond donors (Lipinski definition) is 4. The van der Waals surface area contributed by atoms with Crippen LogP contribution in [0.15, 0.2) is 0 Å². The van der Waals surface area contributed by atoms with Crippen LogP contribution in [0, 0.1) is 5.92 Å². The Morgan fingerprint density at radius 1 is 1.19 bits per heavy atom. The van der Waals surface area contributed by atoms with E-state index in [2.05, 4.69) is 57.2 Å². The molecule has 0 spiro atoms. The minimum absolute atomic E-state index is 0.101. The Morgan fingerprint density at radius 2 is 2.07 bits per heavy atom. The van der Waals surface area contributed by atoms with Gasteiger partial charge < -0.3 is 5.32 Å². The second-order valence-electron chi connectivity index (χ2n) is 8.74. The van der Waals surface area contributed by atoms with Crippen LogP contribution < -0.4 is 21.6 Å². The van der Waals surface area contributed by atoms with Crippen molar-refractivity contribution in [3.8, 4) is 0 Å². The molecule has 4 heterocycles. The van der Waals surface area contributed by atoms with E-state index in [-0.39, 0.29) is 11.9 Å². The molecule has 8 heteroatoms. The summed E-state index contributed by atoms with van der Waals surface area (Å²) in [6, 6.07) is 0.314. The Bertz CT molecular complexity index is 516. The fourth-order valence-corrected chi connectivity index (χ4v) is 6.71. The molecule has 0 saturated carbocycles. The van der Waals surface area contributed by atoms with E-state index in [1.54, 1.807) is 0 Å². The minimum Gasteiger partial charge on any atom is -0.354 e. The second kappa shape index (κ2) is 8.97. The molecule has 4 aliphatic rings. The molecule has 4 fully saturated rings. The summed E-state index contributed by atoms with van der Waals surface area (Å²) in [6.07, 6.45) is 7.45. The summed E-state index contributed by atoms with van der Waals surface area (Å²) >= 11 is 2.08. The molecule has 0 aliphatic carbocycles. The summed E-state index contributed by atoms with van der Waals surface area (Å²) < 4.78 is 0. The topological polar surface area (TPSA) is 71.7 Å². The summed E-state index contributed by atoms with van der Waals surface area (Å²) in [4.78, 5) is 15.2. The minimum atomic E-state index is -0.101. The zero-order valence-corrected chi connectivity index (χ0v) is 17.6. The molecule has 4 N–H and O–H groups in total. The number of amides is 1. The van der Waals surface area contributed by atoms with Gasteiger partial charge in [0.05, 0.1) is 6.17 Å². The molecular weight excluding hydrogens is 360 g/mol. The first-order valence-electron chi connectivity index (χ1n) is 10.8. The summed E-state index contributed by atoms with van der Waals surface area (Å²) in [5.41, 5.74) is 10.2. The van der Waals surface area contributed by atoms with Crippen molar-refractivity contribution >= 4 is 17.7 Å². The maximum atomic E-state index is 12.8. The Morgan fingerprint density at radius 3 is 2.81 bits per heavy atom. The lowest BCUT2D eigenvalue weighted by Crippen LogP contribution is -2.58. The lowest BCUT2D eigenvalue weighted by molar-refractivity contribution is -0.123. The highest BCUT2D eigenvalue weighted by Crippen LogP contribution is 2.37. The van der Waals surface area contributed by atoms with Crippen molar-refractivity contribution in [3.05, 3.63) is 0 Å². The van der Waals surface area contributed by atoms with Crippen molar-refractivity contribution in [3.63, 3.8) is 0 Å². The fraction of sp³-hybridized carbons (Fsp3) is 0.947. The predicted octanol–water partition coefficient (Wildman–Crippen LogP) is 0.500. The van der Waals surface area contributed by atoms with E-state index in [1.807, 2.05) is 0 Å². The van der Waals surface area contributed by atoms with Gasteiger partial charge in [-0.3, -0.25) is 20.5 Å². The zero-order chi connectivity index (χ0) is 18.8. The van der Waals surface area contributed by atoms with Crippen molar-refractivity contribution in [1.29, 1.82) is 0 Å². The van der Waals surface area contributed by atoms with Crippen molar-refractivity contribution in [2.75, 3.05) is 33.2 Å². The van der Waals surface area contributed by atoms with Crippen molar-refractivity contribution in [2.45, 2.75) is 74.2 Å².